The van der Waals surface area contributed by atoms with Crippen LogP contribution in [0, 0.1) is 35.5 Å². The first-order valence-electron chi connectivity index (χ1n) is 6.00. The fourth-order valence-electron chi connectivity index (χ4n) is 1.02. The molecule has 0 radical (unpaired) electrons. The van der Waals surface area contributed by atoms with Crippen LogP contribution in [0.3, 0.4) is 0 Å². The molecular formula is C16H17BrO2. The third-order valence-electron chi connectivity index (χ3n) is 1.92. The first-order valence-corrected chi connectivity index (χ1v) is 6.91. The Morgan fingerprint density at radius 3 is 2.63 bits per heavy atom. The Morgan fingerprint density at radius 1 is 1.11 bits per heavy atom. The van der Waals surface area contributed by atoms with Crippen LogP contribution < -0.4 is 0 Å². The van der Waals surface area contributed by atoms with Gasteiger partial charge in [0.15, 0.2) is 0 Å². The highest BCUT2D eigenvalue weighted by molar-refractivity contribution is 9.11. The van der Waals surface area contributed by atoms with E-state index in [-0.39, 0.29) is 6.61 Å². The Hall–Kier alpha value is -1.44. The van der Waals surface area contributed by atoms with Crippen LogP contribution in [0.4, 0.5) is 0 Å². The Bertz CT molecular complexity index is 458. The largest absolute Gasteiger partial charge is 0.393 e. The van der Waals surface area contributed by atoms with Gasteiger partial charge in [0.05, 0.1) is 6.61 Å². The van der Waals surface area contributed by atoms with E-state index in [1.807, 2.05) is 12.2 Å². The van der Waals surface area contributed by atoms with Crippen LogP contribution in [0.25, 0.3) is 0 Å². The number of aliphatic hydroxyl groups is 2. The highest BCUT2D eigenvalue weighted by Gasteiger charge is 1.90. The molecule has 0 amide bonds. The quantitative estimate of drug-likeness (QED) is 0.603. The lowest BCUT2D eigenvalue weighted by Gasteiger charge is -1.91. The molecule has 0 fully saturated rings. The summed E-state index contributed by atoms with van der Waals surface area (Å²) in [7, 11) is 0. The minimum Gasteiger partial charge on any atom is -0.393 e. The van der Waals surface area contributed by atoms with Crippen molar-refractivity contribution in [2.75, 3.05) is 6.61 Å². The van der Waals surface area contributed by atoms with Gasteiger partial charge in [-0.15, -0.1) is 0 Å². The van der Waals surface area contributed by atoms with Crippen molar-refractivity contribution in [3.63, 3.8) is 0 Å². The van der Waals surface area contributed by atoms with Crippen LogP contribution in [-0.2, 0) is 0 Å². The lowest BCUT2D eigenvalue weighted by Crippen LogP contribution is -2.07. The molecule has 3 heteroatoms. The second kappa shape index (κ2) is 14.6. The SMILES string of the molecule is OC[C@H](O)C#CC#CCCCC/C=C/C#C/C=C/Br. The predicted octanol–water partition coefficient (Wildman–Crippen LogP) is 2.38. The van der Waals surface area contributed by atoms with E-state index in [0.717, 1.165) is 25.7 Å². The second-order valence-electron chi connectivity index (χ2n) is 3.50. The summed E-state index contributed by atoms with van der Waals surface area (Å²) in [5, 5.41) is 17.4. The fraction of sp³-hybridized carbons (Fsp3) is 0.375. The number of halogens is 1. The van der Waals surface area contributed by atoms with Gasteiger partial charge in [-0.2, -0.15) is 0 Å². The molecule has 2 nitrogen and oxygen atoms in total. The summed E-state index contributed by atoms with van der Waals surface area (Å²) in [5.74, 6) is 16.2. The Morgan fingerprint density at radius 2 is 1.89 bits per heavy atom. The van der Waals surface area contributed by atoms with E-state index in [1.54, 1.807) is 11.1 Å². The molecule has 0 aliphatic rings. The van der Waals surface area contributed by atoms with Gasteiger partial charge >= 0.3 is 0 Å². The van der Waals surface area contributed by atoms with Gasteiger partial charge in [0.25, 0.3) is 0 Å². The van der Waals surface area contributed by atoms with Crippen LogP contribution >= 0.6 is 15.9 Å². The van der Waals surface area contributed by atoms with E-state index in [2.05, 4.69) is 51.5 Å². The summed E-state index contributed by atoms with van der Waals surface area (Å²) >= 11 is 3.13. The van der Waals surface area contributed by atoms with E-state index in [4.69, 9.17) is 10.2 Å². The normalized spacial score (nSPS) is 11.1. The summed E-state index contributed by atoms with van der Waals surface area (Å²) < 4.78 is 0. The average Bonchev–Trinajstić information content (AvgIpc) is 2.43. The van der Waals surface area contributed by atoms with Gasteiger partial charge in [0.1, 0.15) is 6.10 Å². The minimum atomic E-state index is -0.986. The Labute approximate surface area is 123 Å². The summed E-state index contributed by atoms with van der Waals surface area (Å²) in [5.41, 5.74) is 0. The van der Waals surface area contributed by atoms with Gasteiger partial charge in [0, 0.05) is 6.42 Å². The highest BCUT2D eigenvalue weighted by atomic mass is 79.9. The van der Waals surface area contributed by atoms with Crippen LogP contribution in [-0.4, -0.2) is 22.9 Å². The van der Waals surface area contributed by atoms with E-state index in [0.29, 0.717) is 0 Å². The Balaban J connectivity index is 3.58. The number of unbranched alkanes of at least 4 members (excludes halogenated alkanes) is 3. The first-order chi connectivity index (χ1) is 9.31. The van der Waals surface area contributed by atoms with E-state index in [1.165, 1.54) is 0 Å². The third kappa shape index (κ3) is 14.5. The first kappa shape index (κ1) is 17.6. The van der Waals surface area contributed by atoms with Crippen molar-refractivity contribution in [2.45, 2.75) is 31.8 Å². The van der Waals surface area contributed by atoms with Gasteiger partial charge in [-0.05, 0) is 48.2 Å². The van der Waals surface area contributed by atoms with Crippen molar-refractivity contribution < 1.29 is 10.2 Å². The molecule has 0 heterocycles. The van der Waals surface area contributed by atoms with Gasteiger partial charge in [-0.1, -0.05) is 45.7 Å². The van der Waals surface area contributed by atoms with Gasteiger partial charge < -0.3 is 10.2 Å². The number of rotatable bonds is 5. The molecule has 0 bridgehead atoms. The molecule has 100 valence electrons. The molecule has 0 saturated heterocycles. The maximum absolute atomic E-state index is 8.92. The molecule has 1 atom stereocenters. The molecule has 0 saturated carbocycles. The zero-order valence-electron chi connectivity index (χ0n) is 10.7. The van der Waals surface area contributed by atoms with Crippen LogP contribution in [0.15, 0.2) is 23.2 Å². The standard InChI is InChI=1S/C16H17BrO2/c17-14-12-10-8-6-4-2-1-3-5-7-9-11-13-16(19)15-18/h4,6,12,14,16,18-19H,1-3,5,15H2/b6-4+,14-12+/t16-/m1/s1. The average molecular weight is 321 g/mol. The molecule has 19 heavy (non-hydrogen) atoms. The zero-order chi connectivity index (χ0) is 14.2. The van der Waals surface area contributed by atoms with Crippen molar-refractivity contribution in [1.29, 1.82) is 0 Å². The summed E-state index contributed by atoms with van der Waals surface area (Å²) in [6.07, 6.45) is 8.48. The van der Waals surface area contributed by atoms with Crippen molar-refractivity contribution in [3.8, 4) is 35.5 Å². The molecule has 0 rings (SSSR count). The number of hydrogen-bond acceptors (Lipinski definition) is 2. The monoisotopic (exact) mass is 320 g/mol. The molecule has 0 spiro atoms. The molecule has 0 unspecified atom stereocenters. The van der Waals surface area contributed by atoms with E-state index in [9.17, 15) is 0 Å². The maximum atomic E-state index is 8.92. The molecule has 0 aromatic carbocycles. The fourth-order valence-corrected chi connectivity index (χ4v) is 1.15. The van der Waals surface area contributed by atoms with Gasteiger partial charge in [0.2, 0.25) is 0 Å². The number of aliphatic hydroxyl groups excluding tert-OH is 2. The highest BCUT2D eigenvalue weighted by Crippen LogP contribution is 1.99. The Kier molecular flexibility index (Phi) is 13.5. The second-order valence-corrected chi connectivity index (χ2v) is 4.03. The molecule has 0 aliphatic heterocycles. The van der Waals surface area contributed by atoms with E-state index >= 15 is 0 Å². The molecular weight excluding hydrogens is 304 g/mol. The summed E-state index contributed by atoms with van der Waals surface area (Å²) in [4.78, 5) is 1.72. The maximum Gasteiger partial charge on any atom is 0.138 e. The molecule has 0 aliphatic carbocycles. The molecule has 2 N–H and O–H groups in total. The van der Waals surface area contributed by atoms with Crippen molar-refractivity contribution >= 4 is 15.9 Å². The zero-order valence-corrected chi connectivity index (χ0v) is 12.3. The molecule has 0 aromatic heterocycles. The number of hydrogen-bond donors (Lipinski definition) is 2. The van der Waals surface area contributed by atoms with Crippen LogP contribution in [0.1, 0.15) is 25.7 Å². The predicted molar refractivity (Wildman–Crippen MR) is 82.1 cm³/mol. The molecule has 0 aromatic rings. The van der Waals surface area contributed by atoms with Gasteiger partial charge in [-0.3, -0.25) is 0 Å². The minimum absolute atomic E-state index is 0.352. The third-order valence-corrected chi connectivity index (χ3v) is 2.18. The lowest BCUT2D eigenvalue weighted by atomic mass is 10.2. The van der Waals surface area contributed by atoms with Crippen LogP contribution in [0.5, 0.6) is 0 Å². The van der Waals surface area contributed by atoms with Crippen molar-refractivity contribution in [3.05, 3.63) is 23.2 Å². The van der Waals surface area contributed by atoms with Crippen molar-refractivity contribution in [2.24, 2.45) is 0 Å². The summed E-state index contributed by atoms with van der Waals surface area (Å²) in [6, 6.07) is 0. The smallest absolute Gasteiger partial charge is 0.138 e. The van der Waals surface area contributed by atoms with Crippen molar-refractivity contribution in [1.82, 2.24) is 0 Å². The van der Waals surface area contributed by atoms with Gasteiger partial charge in [-0.25, -0.2) is 0 Å². The van der Waals surface area contributed by atoms with Crippen LogP contribution in [0.2, 0.25) is 0 Å². The topological polar surface area (TPSA) is 40.5 Å². The summed E-state index contributed by atoms with van der Waals surface area (Å²) in [6.45, 7) is -0.352. The van der Waals surface area contributed by atoms with E-state index < -0.39 is 6.10 Å². The number of allylic oxidation sites excluding steroid dienone is 3. The lowest BCUT2D eigenvalue weighted by molar-refractivity contribution is 0.138.